The smallest absolute Gasteiger partial charge is 0.251 e. The van der Waals surface area contributed by atoms with Crippen molar-refractivity contribution in [1.29, 1.82) is 0 Å². The molecule has 9 nitrogen and oxygen atoms in total. The quantitative estimate of drug-likeness (QED) is 0.584. The summed E-state index contributed by atoms with van der Waals surface area (Å²) in [6.45, 7) is 1.80. The number of aryl methyl sites for hydroxylation is 2. The number of pyridine rings is 2. The normalized spacial score (nSPS) is 14.5. The molecule has 3 aromatic heterocycles. The van der Waals surface area contributed by atoms with Crippen LogP contribution in [-0.4, -0.2) is 37.6 Å². The third-order valence-corrected chi connectivity index (χ3v) is 5.22. The Morgan fingerprint density at radius 3 is 2.77 bits per heavy atom. The third-order valence-electron chi connectivity index (χ3n) is 5.22. The lowest BCUT2D eigenvalue weighted by Crippen LogP contribution is -2.59. The molecule has 0 bridgehead atoms. The summed E-state index contributed by atoms with van der Waals surface area (Å²) in [6.07, 6.45) is 8.02. The van der Waals surface area contributed by atoms with Gasteiger partial charge < -0.3 is 15.4 Å². The summed E-state index contributed by atoms with van der Waals surface area (Å²) in [5.74, 6) is 1.35. The molecule has 4 rings (SSSR count). The molecule has 1 saturated carbocycles. The highest BCUT2D eigenvalue weighted by Gasteiger charge is 2.44. The summed E-state index contributed by atoms with van der Waals surface area (Å²) in [6, 6.07) is 7.03. The van der Waals surface area contributed by atoms with Crippen LogP contribution in [0.1, 0.15) is 25.0 Å². The molecule has 0 saturated heterocycles. The van der Waals surface area contributed by atoms with Gasteiger partial charge in [-0.2, -0.15) is 5.10 Å². The number of carbonyl (C=O) groups is 2. The van der Waals surface area contributed by atoms with E-state index >= 15 is 0 Å². The van der Waals surface area contributed by atoms with Gasteiger partial charge in [-0.05, 0) is 44.4 Å². The number of nitrogens with one attached hydrogen (secondary N) is 2. The van der Waals surface area contributed by atoms with Gasteiger partial charge in [-0.3, -0.25) is 19.3 Å². The Bertz CT molecular complexity index is 1090. The average Bonchev–Trinajstić information content (AvgIpc) is 3.13. The van der Waals surface area contributed by atoms with Crippen LogP contribution in [-0.2, 0) is 16.6 Å². The van der Waals surface area contributed by atoms with Gasteiger partial charge in [-0.25, -0.2) is 4.98 Å². The van der Waals surface area contributed by atoms with E-state index in [1.54, 1.807) is 42.2 Å². The summed E-state index contributed by atoms with van der Waals surface area (Å²) in [4.78, 5) is 32.2. The van der Waals surface area contributed by atoms with Gasteiger partial charge in [0.2, 0.25) is 6.41 Å². The van der Waals surface area contributed by atoms with Crippen LogP contribution in [0.2, 0.25) is 0 Å². The van der Waals surface area contributed by atoms with Crippen molar-refractivity contribution in [3.8, 4) is 22.8 Å². The van der Waals surface area contributed by atoms with Crippen molar-refractivity contribution >= 4 is 18.1 Å². The van der Waals surface area contributed by atoms with E-state index < -0.39 is 5.54 Å². The molecule has 3 aromatic rings. The second-order valence-electron chi connectivity index (χ2n) is 7.31. The fraction of sp³-hybridized carbons (Fsp3) is 0.286. The number of aromatic nitrogens is 4. The van der Waals surface area contributed by atoms with Gasteiger partial charge in [0.25, 0.3) is 5.91 Å². The largest absolute Gasteiger partial charge is 0.455 e. The number of carbonyl (C=O) groups excluding carboxylic acids is 2. The second-order valence-corrected chi connectivity index (χ2v) is 7.31. The molecule has 0 aromatic carbocycles. The summed E-state index contributed by atoms with van der Waals surface area (Å²) in [5.41, 5.74) is 1.44. The van der Waals surface area contributed by atoms with E-state index in [2.05, 4.69) is 25.7 Å². The van der Waals surface area contributed by atoms with Crippen molar-refractivity contribution < 1.29 is 14.3 Å². The summed E-state index contributed by atoms with van der Waals surface area (Å²) < 4.78 is 7.69. The van der Waals surface area contributed by atoms with Gasteiger partial charge in [-0.1, -0.05) is 0 Å². The summed E-state index contributed by atoms with van der Waals surface area (Å²) >= 11 is 0. The van der Waals surface area contributed by atoms with Gasteiger partial charge in [-0.15, -0.1) is 0 Å². The maximum Gasteiger partial charge on any atom is 0.251 e. The Morgan fingerprint density at radius 2 is 2.13 bits per heavy atom. The van der Waals surface area contributed by atoms with Gasteiger partial charge in [0, 0.05) is 31.1 Å². The molecule has 2 amide bonds. The lowest BCUT2D eigenvalue weighted by atomic mass is 9.76. The standard InChI is InChI=1S/C21H22N6O3/c1-14-18(30-16-6-9-22-17(10-16)15-11-24-27(2)12-15)4-5-19(25-14)26-20(29)21(23-13-28)7-3-8-21/h4-6,9-13H,3,7-8H2,1-2H3,(H,23,28)(H,25,26,29). The van der Waals surface area contributed by atoms with Crippen molar-refractivity contribution in [2.45, 2.75) is 31.7 Å². The maximum atomic E-state index is 12.6. The highest BCUT2D eigenvalue weighted by molar-refractivity contribution is 5.99. The topological polar surface area (TPSA) is 111 Å². The van der Waals surface area contributed by atoms with E-state index in [1.165, 1.54) is 0 Å². The zero-order valence-electron chi connectivity index (χ0n) is 16.8. The predicted octanol–water partition coefficient (Wildman–Crippen LogP) is 2.59. The number of ether oxygens (including phenoxy) is 1. The Balaban J connectivity index is 1.47. The third kappa shape index (κ3) is 3.86. The lowest BCUT2D eigenvalue weighted by Gasteiger charge is -2.39. The average molecular weight is 406 g/mol. The molecule has 30 heavy (non-hydrogen) atoms. The van der Waals surface area contributed by atoms with Crippen molar-refractivity contribution in [3.63, 3.8) is 0 Å². The molecular formula is C21H22N6O3. The van der Waals surface area contributed by atoms with Crippen LogP contribution in [0.5, 0.6) is 11.5 Å². The molecular weight excluding hydrogens is 384 g/mol. The first kappa shape index (κ1) is 19.6. The van der Waals surface area contributed by atoms with Crippen LogP contribution < -0.4 is 15.4 Å². The molecule has 3 heterocycles. The van der Waals surface area contributed by atoms with Gasteiger partial charge >= 0.3 is 0 Å². The van der Waals surface area contributed by atoms with Gasteiger partial charge in [0.15, 0.2) is 0 Å². The SMILES string of the molecule is Cc1nc(NC(=O)C2(NC=O)CCC2)ccc1Oc1ccnc(-c2cnn(C)c2)c1. The van der Waals surface area contributed by atoms with Crippen LogP contribution in [0.3, 0.4) is 0 Å². The van der Waals surface area contributed by atoms with Crippen molar-refractivity contribution in [2.75, 3.05) is 5.32 Å². The first-order chi connectivity index (χ1) is 14.5. The summed E-state index contributed by atoms with van der Waals surface area (Å²) in [7, 11) is 1.85. The molecule has 1 fully saturated rings. The molecule has 154 valence electrons. The molecule has 2 N–H and O–H groups in total. The van der Waals surface area contributed by atoms with E-state index in [-0.39, 0.29) is 5.91 Å². The fourth-order valence-corrected chi connectivity index (χ4v) is 3.35. The fourth-order valence-electron chi connectivity index (χ4n) is 3.35. The van der Waals surface area contributed by atoms with Crippen molar-refractivity contribution in [1.82, 2.24) is 25.1 Å². The number of hydrogen-bond acceptors (Lipinski definition) is 6. The Kier molecular flexibility index (Phi) is 5.18. The Hall–Kier alpha value is -3.75. The van der Waals surface area contributed by atoms with E-state index in [0.29, 0.717) is 42.3 Å². The number of nitrogens with zero attached hydrogens (tertiary/aromatic N) is 4. The second kappa shape index (κ2) is 7.94. The number of hydrogen-bond donors (Lipinski definition) is 2. The highest BCUT2D eigenvalue weighted by Crippen LogP contribution is 2.33. The van der Waals surface area contributed by atoms with E-state index in [4.69, 9.17) is 4.74 Å². The van der Waals surface area contributed by atoms with E-state index in [9.17, 15) is 9.59 Å². The van der Waals surface area contributed by atoms with Crippen molar-refractivity contribution in [3.05, 3.63) is 48.5 Å². The van der Waals surface area contributed by atoms with Crippen LogP contribution >= 0.6 is 0 Å². The Labute approximate surface area is 173 Å². The Morgan fingerprint density at radius 1 is 1.30 bits per heavy atom. The molecule has 0 atom stereocenters. The molecule has 1 aliphatic carbocycles. The number of amides is 2. The van der Waals surface area contributed by atoms with E-state index in [1.807, 2.05) is 19.3 Å². The maximum absolute atomic E-state index is 12.6. The van der Waals surface area contributed by atoms with Crippen LogP contribution in [0.25, 0.3) is 11.3 Å². The van der Waals surface area contributed by atoms with Crippen LogP contribution in [0.4, 0.5) is 5.82 Å². The molecule has 0 radical (unpaired) electrons. The van der Waals surface area contributed by atoms with E-state index in [0.717, 1.165) is 17.7 Å². The predicted molar refractivity (Wildman–Crippen MR) is 110 cm³/mol. The monoisotopic (exact) mass is 406 g/mol. The van der Waals surface area contributed by atoms with Gasteiger partial charge in [0.05, 0.1) is 17.6 Å². The zero-order valence-corrected chi connectivity index (χ0v) is 16.8. The zero-order chi connectivity index (χ0) is 21.1. The minimum Gasteiger partial charge on any atom is -0.455 e. The van der Waals surface area contributed by atoms with Crippen LogP contribution in [0.15, 0.2) is 42.9 Å². The first-order valence-corrected chi connectivity index (χ1v) is 9.62. The van der Waals surface area contributed by atoms with Crippen LogP contribution in [0, 0.1) is 6.92 Å². The number of rotatable bonds is 7. The lowest BCUT2D eigenvalue weighted by molar-refractivity contribution is -0.129. The highest BCUT2D eigenvalue weighted by atomic mass is 16.5. The molecule has 9 heteroatoms. The van der Waals surface area contributed by atoms with Crippen molar-refractivity contribution in [2.24, 2.45) is 7.05 Å². The minimum absolute atomic E-state index is 0.253. The first-order valence-electron chi connectivity index (χ1n) is 9.62. The molecule has 0 unspecified atom stereocenters. The number of anilines is 1. The molecule has 0 spiro atoms. The minimum atomic E-state index is -0.827. The summed E-state index contributed by atoms with van der Waals surface area (Å²) in [5, 5.41) is 9.59. The van der Waals surface area contributed by atoms with Gasteiger partial charge in [0.1, 0.15) is 22.9 Å². The molecule has 0 aliphatic heterocycles. The molecule has 1 aliphatic rings.